The van der Waals surface area contributed by atoms with Gasteiger partial charge in [0.15, 0.2) is 0 Å². The van der Waals surface area contributed by atoms with Gasteiger partial charge in [-0.15, -0.1) is 0 Å². The average molecular weight is 327 g/mol. The van der Waals surface area contributed by atoms with Crippen LogP contribution < -0.4 is 68.0 Å². The van der Waals surface area contributed by atoms with Gasteiger partial charge in [0.25, 0.3) is 0 Å². The molecule has 0 aromatic rings. The van der Waals surface area contributed by atoms with E-state index in [1.54, 1.807) is 0 Å². The molecule has 0 heterocycles. The monoisotopic (exact) mass is 327 g/mol. The van der Waals surface area contributed by atoms with Gasteiger partial charge < -0.3 is 56.9 Å². The summed E-state index contributed by atoms with van der Waals surface area (Å²) in [6.07, 6.45) is -4.40. The molecule has 0 aliphatic rings. The Morgan fingerprint density at radius 2 is 0.737 bits per heavy atom. The summed E-state index contributed by atoms with van der Waals surface area (Å²) in [5.74, 6) is 12.8. The standard InChI is InChI=1S/3CH4N2O2.Co.Li.2H2O/c3*2-3-1(4)5;;;;/h3*3H,2H2,(H,4,5);;;2*1H2/q;;;+2;+1;;/p-3. The Morgan fingerprint density at radius 1 is 0.684 bits per heavy atom. The second kappa shape index (κ2) is 36.0. The number of hydrazine groups is 3. The first kappa shape index (κ1) is 43.1. The van der Waals surface area contributed by atoms with Crippen LogP contribution in [0.15, 0.2) is 0 Å². The molecule has 113 valence electrons. The Kier molecular flexibility index (Phi) is 81.6. The summed E-state index contributed by atoms with van der Waals surface area (Å²) in [7, 11) is 0. The number of carbonyl (C=O) groups excluding carboxylic acids is 3. The molecule has 16 heteroatoms. The molecule has 0 saturated carbocycles. The SMILES string of the molecule is NNC(=O)[O-].NNC(=O)[O-].NNC(=O)[O-].O.O.[Co+2].[Li+]. The van der Waals surface area contributed by atoms with E-state index >= 15 is 0 Å². The number of carbonyl (C=O) groups is 3. The molecule has 0 atom stereocenters. The van der Waals surface area contributed by atoms with Gasteiger partial charge in [-0.1, -0.05) is 0 Å². The van der Waals surface area contributed by atoms with Crippen molar-refractivity contribution in [3.05, 3.63) is 0 Å². The van der Waals surface area contributed by atoms with Crippen molar-refractivity contribution in [1.29, 1.82) is 0 Å². The molecule has 19 heavy (non-hydrogen) atoms. The molecule has 0 fully saturated rings. The number of nitrogens with two attached hydrogens (primary N) is 3. The summed E-state index contributed by atoms with van der Waals surface area (Å²) >= 11 is 0. The second-order valence-electron chi connectivity index (χ2n) is 1.30. The molecule has 3 amide bonds. The maximum absolute atomic E-state index is 9.02. The van der Waals surface area contributed by atoms with Crippen molar-refractivity contribution in [2.75, 3.05) is 0 Å². The molecule has 0 aromatic heterocycles. The minimum absolute atomic E-state index is 0. The second-order valence-corrected chi connectivity index (χ2v) is 1.30. The number of nitrogens with one attached hydrogen (secondary N) is 3. The zero-order valence-electron chi connectivity index (χ0n) is 9.51. The summed E-state index contributed by atoms with van der Waals surface area (Å²) in [6, 6.07) is 0. The third-order valence-corrected chi connectivity index (χ3v) is 0.354. The normalized spacial score (nSPS) is 5.21. The van der Waals surface area contributed by atoms with Crippen molar-refractivity contribution >= 4 is 18.3 Å². The van der Waals surface area contributed by atoms with Crippen molar-refractivity contribution < 1.29 is 76.3 Å². The first-order chi connectivity index (χ1) is 6.81. The van der Waals surface area contributed by atoms with Crippen molar-refractivity contribution in [2.45, 2.75) is 0 Å². The van der Waals surface area contributed by atoms with E-state index in [0.717, 1.165) is 0 Å². The van der Waals surface area contributed by atoms with Crippen LogP contribution in [0.5, 0.6) is 0 Å². The van der Waals surface area contributed by atoms with Crippen molar-refractivity contribution in [2.24, 2.45) is 17.5 Å². The molecule has 0 aromatic carbocycles. The molecular formula is C3H13CoLiN6O8. The number of rotatable bonds is 0. The number of hydrogen-bond acceptors (Lipinski definition) is 9. The van der Waals surface area contributed by atoms with Gasteiger partial charge >= 0.3 is 35.6 Å². The van der Waals surface area contributed by atoms with E-state index < -0.39 is 18.3 Å². The Balaban J connectivity index is -0.0000000206. The topological polar surface area (TPSA) is 298 Å². The molecule has 14 nitrogen and oxygen atoms in total. The minimum Gasteiger partial charge on any atom is -0.529 e. The molecule has 0 unspecified atom stereocenters. The van der Waals surface area contributed by atoms with Gasteiger partial charge in [-0.3, -0.25) is 0 Å². The third kappa shape index (κ3) is 163. The van der Waals surface area contributed by atoms with Crippen molar-refractivity contribution in [1.82, 2.24) is 16.3 Å². The van der Waals surface area contributed by atoms with E-state index in [9.17, 15) is 0 Å². The largest absolute Gasteiger partial charge is 2.00 e. The van der Waals surface area contributed by atoms with Gasteiger partial charge in [0.2, 0.25) is 0 Å². The molecule has 13 N–H and O–H groups in total. The van der Waals surface area contributed by atoms with Crippen LogP contribution in [0.1, 0.15) is 0 Å². The molecule has 0 bridgehead atoms. The van der Waals surface area contributed by atoms with Crippen LogP contribution in [0.4, 0.5) is 14.4 Å². The molecule has 0 spiro atoms. The van der Waals surface area contributed by atoms with Crippen molar-refractivity contribution in [3.63, 3.8) is 0 Å². The van der Waals surface area contributed by atoms with E-state index in [0.29, 0.717) is 0 Å². The Hall–Kier alpha value is -1.29. The summed E-state index contributed by atoms with van der Waals surface area (Å²) in [5.41, 5.74) is 4.00. The predicted molar refractivity (Wildman–Crippen MR) is 45.4 cm³/mol. The van der Waals surface area contributed by atoms with Gasteiger partial charge in [-0.2, -0.15) is 0 Å². The average Bonchev–Trinajstić information content (AvgIpc) is 2.19. The van der Waals surface area contributed by atoms with Crippen LogP contribution in [0.25, 0.3) is 0 Å². The molecule has 0 aliphatic heterocycles. The number of amides is 3. The number of carboxylic acid groups (broad SMARTS) is 3. The zero-order chi connectivity index (χ0) is 12.9. The molecule has 0 saturated heterocycles. The fourth-order valence-corrected chi connectivity index (χ4v) is 0. The smallest absolute Gasteiger partial charge is 0.529 e. The van der Waals surface area contributed by atoms with Gasteiger partial charge in [-0.05, 0) is 0 Å². The van der Waals surface area contributed by atoms with E-state index in [1.165, 1.54) is 16.3 Å². The minimum atomic E-state index is -1.47. The molecule has 0 rings (SSSR count). The maximum Gasteiger partial charge on any atom is 2.00 e. The summed E-state index contributed by atoms with van der Waals surface area (Å²) in [6.45, 7) is 0. The van der Waals surface area contributed by atoms with E-state index in [-0.39, 0.29) is 46.6 Å². The Morgan fingerprint density at radius 3 is 0.737 bits per heavy atom. The van der Waals surface area contributed by atoms with Crippen LogP contribution in [0.2, 0.25) is 0 Å². The van der Waals surface area contributed by atoms with Crippen LogP contribution in [0, 0.1) is 0 Å². The fourth-order valence-electron chi connectivity index (χ4n) is 0. The van der Waals surface area contributed by atoms with Crippen LogP contribution in [-0.2, 0) is 16.8 Å². The van der Waals surface area contributed by atoms with E-state index in [4.69, 9.17) is 29.7 Å². The van der Waals surface area contributed by atoms with E-state index in [2.05, 4.69) is 17.5 Å². The molecule has 0 aliphatic carbocycles. The molecule has 1 radical (unpaired) electrons. The van der Waals surface area contributed by atoms with Crippen LogP contribution in [0.3, 0.4) is 0 Å². The summed E-state index contributed by atoms with van der Waals surface area (Å²) in [5, 5.41) is 27.1. The van der Waals surface area contributed by atoms with Crippen LogP contribution >= 0.6 is 0 Å². The zero-order valence-corrected chi connectivity index (χ0v) is 10.6. The first-order valence-corrected chi connectivity index (χ1v) is 2.84. The van der Waals surface area contributed by atoms with E-state index in [1.807, 2.05) is 0 Å². The Bertz CT molecular complexity index is 176. The summed E-state index contributed by atoms with van der Waals surface area (Å²) in [4.78, 5) is 27.1. The fraction of sp³-hybridized carbons (Fsp3) is 0. The van der Waals surface area contributed by atoms with Crippen molar-refractivity contribution in [3.8, 4) is 0 Å². The molecular weight excluding hydrogens is 314 g/mol. The first-order valence-electron chi connectivity index (χ1n) is 2.84. The number of hydrogen-bond donors (Lipinski definition) is 6. The summed E-state index contributed by atoms with van der Waals surface area (Å²) < 4.78 is 0. The maximum atomic E-state index is 9.02. The quantitative estimate of drug-likeness (QED) is 0.106. The Labute approximate surface area is 129 Å². The van der Waals surface area contributed by atoms with Gasteiger partial charge in [0.05, 0.1) is 0 Å². The predicted octanol–water partition coefficient (Wildman–Crippen LogP) is -11.3. The van der Waals surface area contributed by atoms with Gasteiger partial charge in [0, 0.05) is 0 Å². The van der Waals surface area contributed by atoms with Gasteiger partial charge in [-0.25, -0.2) is 17.5 Å². The van der Waals surface area contributed by atoms with Gasteiger partial charge in [0.1, 0.15) is 18.3 Å². The van der Waals surface area contributed by atoms with Crippen LogP contribution in [-0.4, -0.2) is 29.2 Å². The third-order valence-electron chi connectivity index (χ3n) is 0.354.